The molecule has 144 valence electrons. The Morgan fingerprint density at radius 3 is 2.12 bits per heavy atom. The van der Waals surface area contributed by atoms with E-state index in [4.69, 9.17) is 0 Å². The van der Waals surface area contributed by atoms with Crippen LogP contribution >= 0.6 is 0 Å². The van der Waals surface area contributed by atoms with Gasteiger partial charge in [0.05, 0.1) is 0 Å². The van der Waals surface area contributed by atoms with Crippen LogP contribution in [0.15, 0.2) is 0 Å². The van der Waals surface area contributed by atoms with E-state index in [-0.39, 0.29) is 18.6 Å². The lowest BCUT2D eigenvalue weighted by Gasteiger charge is -2.50. The summed E-state index contributed by atoms with van der Waals surface area (Å²) in [5, 5.41) is 27.9. The van der Waals surface area contributed by atoms with Gasteiger partial charge in [-0.05, 0) is 80.5 Å². The van der Waals surface area contributed by atoms with Crippen LogP contribution in [0.3, 0.4) is 0 Å². The normalized spacial score (nSPS) is 30.2. The second kappa shape index (κ2) is 10.1. The topological polar surface area (TPSA) is 60.7 Å². The number of rotatable bonds is 12. The molecule has 3 nitrogen and oxygen atoms in total. The molecule has 3 atom stereocenters. The van der Waals surface area contributed by atoms with Gasteiger partial charge < -0.3 is 15.3 Å². The van der Waals surface area contributed by atoms with Crippen LogP contribution < -0.4 is 0 Å². The van der Waals surface area contributed by atoms with Crippen molar-refractivity contribution in [2.75, 3.05) is 19.8 Å². The Morgan fingerprint density at radius 1 is 0.917 bits per heavy atom. The highest BCUT2D eigenvalue weighted by Gasteiger charge is 2.44. The van der Waals surface area contributed by atoms with Crippen molar-refractivity contribution in [2.24, 2.45) is 16.2 Å². The molecule has 0 radical (unpaired) electrons. The maximum atomic E-state index is 9.41. The van der Waals surface area contributed by atoms with Crippen LogP contribution in [0, 0.1) is 16.2 Å². The molecule has 0 aliphatic heterocycles. The second-order valence-corrected chi connectivity index (χ2v) is 9.16. The van der Waals surface area contributed by atoms with Crippen molar-refractivity contribution >= 4 is 0 Å². The monoisotopic (exact) mass is 342 g/mol. The molecule has 0 aromatic heterocycles. The predicted molar refractivity (Wildman–Crippen MR) is 101 cm³/mol. The first-order valence-corrected chi connectivity index (χ1v) is 10.2. The number of hydrogen-bond acceptors (Lipinski definition) is 3. The molecule has 3 unspecified atom stereocenters. The Bertz CT molecular complexity index is 346. The van der Waals surface area contributed by atoms with E-state index < -0.39 is 0 Å². The molecule has 0 saturated heterocycles. The molecular formula is C21H42O3. The van der Waals surface area contributed by atoms with Crippen LogP contribution in [0.2, 0.25) is 0 Å². The van der Waals surface area contributed by atoms with E-state index in [1.54, 1.807) is 0 Å². The highest BCUT2D eigenvalue weighted by Crippen LogP contribution is 2.56. The molecule has 1 aliphatic rings. The van der Waals surface area contributed by atoms with E-state index in [9.17, 15) is 15.3 Å². The van der Waals surface area contributed by atoms with Gasteiger partial charge in [0.2, 0.25) is 0 Å². The quantitative estimate of drug-likeness (QED) is 0.483. The average molecular weight is 343 g/mol. The molecule has 3 N–H and O–H groups in total. The molecule has 1 rings (SSSR count). The zero-order chi connectivity index (χ0) is 18.1. The molecule has 0 heterocycles. The molecule has 0 spiro atoms. The van der Waals surface area contributed by atoms with Crippen molar-refractivity contribution in [1.82, 2.24) is 0 Å². The Morgan fingerprint density at radius 2 is 1.54 bits per heavy atom. The second-order valence-electron chi connectivity index (χ2n) is 9.16. The summed E-state index contributed by atoms with van der Waals surface area (Å²) in [6.07, 6.45) is 13.4. The van der Waals surface area contributed by atoms with E-state index in [1.807, 2.05) is 0 Å². The maximum Gasteiger partial charge on any atom is 0.0431 e. The lowest BCUT2D eigenvalue weighted by atomic mass is 9.55. The molecule has 1 fully saturated rings. The standard InChI is InChI=1S/C21H42O3/c1-4-19(2,10-6-14-22)17-21(13-8-16-24)12-5-9-20(3,18-21)11-7-15-23/h22-24H,4-18H2,1-3H3. The highest BCUT2D eigenvalue weighted by molar-refractivity contribution is 4.95. The van der Waals surface area contributed by atoms with E-state index >= 15 is 0 Å². The van der Waals surface area contributed by atoms with E-state index in [1.165, 1.54) is 32.1 Å². The largest absolute Gasteiger partial charge is 0.396 e. The first-order valence-electron chi connectivity index (χ1n) is 10.2. The summed E-state index contributed by atoms with van der Waals surface area (Å²) in [4.78, 5) is 0. The van der Waals surface area contributed by atoms with Crippen molar-refractivity contribution in [1.29, 1.82) is 0 Å². The summed E-state index contributed by atoms with van der Waals surface area (Å²) in [6, 6.07) is 0. The van der Waals surface area contributed by atoms with Gasteiger partial charge >= 0.3 is 0 Å². The van der Waals surface area contributed by atoms with Gasteiger partial charge in [-0.15, -0.1) is 0 Å². The fourth-order valence-corrected chi connectivity index (χ4v) is 5.40. The fraction of sp³-hybridized carbons (Fsp3) is 1.00. The molecule has 0 bridgehead atoms. The zero-order valence-corrected chi connectivity index (χ0v) is 16.4. The van der Waals surface area contributed by atoms with Gasteiger partial charge in [0.1, 0.15) is 0 Å². The van der Waals surface area contributed by atoms with Gasteiger partial charge in [-0.3, -0.25) is 0 Å². The van der Waals surface area contributed by atoms with Crippen molar-refractivity contribution in [2.45, 2.75) is 97.8 Å². The van der Waals surface area contributed by atoms with Gasteiger partial charge in [0.25, 0.3) is 0 Å². The number of aliphatic hydroxyl groups is 3. The number of hydrogen-bond donors (Lipinski definition) is 3. The molecule has 1 aliphatic carbocycles. The Kier molecular flexibility index (Phi) is 9.25. The minimum absolute atomic E-state index is 0.285. The van der Waals surface area contributed by atoms with Crippen molar-refractivity contribution in [3.8, 4) is 0 Å². The van der Waals surface area contributed by atoms with Crippen molar-refractivity contribution in [3.05, 3.63) is 0 Å². The van der Waals surface area contributed by atoms with Crippen LogP contribution in [0.4, 0.5) is 0 Å². The van der Waals surface area contributed by atoms with Gasteiger partial charge in [0.15, 0.2) is 0 Å². The minimum Gasteiger partial charge on any atom is -0.396 e. The molecule has 1 saturated carbocycles. The molecule has 24 heavy (non-hydrogen) atoms. The van der Waals surface area contributed by atoms with Gasteiger partial charge in [-0.25, -0.2) is 0 Å². The smallest absolute Gasteiger partial charge is 0.0431 e. The summed E-state index contributed by atoms with van der Waals surface area (Å²) in [6.45, 7) is 7.95. The minimum atomic E-state index is 0.285. The molecule has 0 aromatic carbocycles. The van der Waals surface area contributed by atoms with Gasteiger partial charge in [-0.1, -0.05) is 33.6 Å². The summed E-state index contributed by atoms with van der Waals surface area (Å²) < 4.78 is 0. The molecular weight excluding hydrogens is 300 g/mol. The average Bonchev–Trinajstić information content (AvgIpc) is 2.56. The zero-order valence-electron chi connectivity index (χ0n) is 16.4. The maximum absolute atomic E-state index is 9.41. The van der Waals surface area contributed by atoms with E-state index in [2.05, 4.69) is 20.8 Å². The Labute approximate surface area is 149 Å². The third kappa shape index (κ3) is 6.65. The van der Waals surface area contributed by atoms with Crippen molar-refractivity contribution in [3.63, 3.8) is 0 Å². The Balaban J connectivity index is 2.91. The summed E-state index contributed by atoms with van der Waals surface area (Å²) in [5.74, 6) is 0. The SMILES string of the molecule is CCC(C)(CCCO)CC1(CCCO)CCCC(C)(CCCO)C1. The van der Waals surface area contributed by atoms with Crippen LogP contribution in [-0.4, -0.2) is 35.1 Å². The van der Waals surface area contributed by atoms with E-state index in [0.29, 0.717) is 17.4 Å². The summed E-state index contributed by atoms with van der Waals surface area (Å²) >= 11 is 0. The third-order valence-corrected chi connectivity index (χ3v) is 6.69. The summed E-state index contributed by atoms with van der Waals surface area (Å²) in [7, 11) is 0. The Hall–Kier alpha value is -0.120. The van der Waals surface area contributed by atoms with Gasteiger partial charge in [-0.2, -0.15) is 0 Å². The van der Waals surface area contributed by atoms with Crippen LogP contribution in [0.5, 0.6) is 0 Å². The summed E-state index contributed by atoms with van der Waals surface area (Å²) in [5.41, 5.74) is 0.945. The van der Waals surface area contributed by atoms with Crippen LogP contribution in [0.25, 0.3) is 0 Å². The molecule has 0 aromatic rings. The molecule has 0 amide bonds. The number of aliphatic hydroxyl groups excluding tert-OH is 3. The van der Waals surface area contributed by atoms with Gasteiger partial charge in [0, 0.05) is 19.8 Å². The lowest BCUT2D eigenvalue weighted by Crippen LogP contribution is -2.39. The third-order valence-electron chi connectivity index (χ3n) is 6.69. The predicted octanol–water partition coefficient (Wildman–Crippen LogP) is 4.68. The van der Waals surface area contributed by atoms with Crippen LogP contribution in [0.1, 0.15) is 97.8 Å². The first-order chi connectivity index (χ1) is 11.4. The van der Waals surface area contributed by atoms with Crippen molar-refractivity contribution < 1.29 is 15.3 Å². The molecule has 3 heteroatoms. The van der Waals surface area contributed by atoms with E-state index in [0.717, 1.165) is 44.9 Å². The van der Waals surface area contributed by atoms with Crippen LogP contribution in [-0.2, 0) is 0 Å². The lowest BCUT2D eigenvalue weighted by molar-refractivity contribution is 0.00166. The first kappa shape index (κ1) is 21.9. The fourth-order valence-electron chi connectivity index (χ4n) is 5.40. The highest BCUT2D eigenvalue weighted by atomic mass is 16.3.